The maximum atomic E-state index is 9.38. The molecule has 0 bridgehead atoms. The molecule has 80 valence electrons. The van der Waals surface area contributed by atoms with Gasteiger partial charge in [0.05, 0.1) is 26.4 Å². The van der Waals surface area contributed by atoms with Crippen LogP contribution < -0.4 is 0 Å². The van der Waals surface area contributed by atoms with E-state index in [1.165, 1.54) is 0 Å². The minimum atomic E-state index is -0.0242. The molecular weight excluding hydrogens is 180 g/mol. The van der Waals surface area contributed by atoms with Gasteiger partial charge in [0.2, 0.25) is 0 Å². The first-order chi connectivity index (χ1) is 6.85. The zero-order valence-corrected chi connectivity index (χ0v) is 8.45. The van der Waals surface area contributed by atoms with E-state index in [-0.39, 0.29) is 12.0 Å². The smallest absolute Gasteiger partial charge is 0.104 e. The molecule has 14 heavy (non-hydrogen) atoms. The number of hydrogen-bond acceptors (Lipinski definition) is 3. The molecule has 1 aliphatic heterocycles. The predicted molar refractivity (Wildman–Crippen MR) is 53.1 cm³/mol. The van der Waals surface area contributed by atoms with E-state index in [4.69, 9.17) is 9.47 Å². The topological polar surface area (TPSA) is 42.0 Å². The molecule has 1 N–H and O–H groups in total. The standard InChI is InChI=1S/C11H18O3/c12-8-11(4-2-1-3-5-11)9-13-6-10-7-14-10/h1-2,10,12H,3-9H2. The van der Waals surface area contributed by atoms with Crippen LogP contribution in [0.3, 0.4) is 0 Å². The lowest BCUT2D eigenvalue weighted by Crippen LogP contribution is -2.32. The van der Waals surface area contributed by atoms with Crippen molar-refractivity contribution in [2.75, 3.05) is 26.4 Å². The molecule has 0 amide bonds. The van der Waals surface area contributed by atoms with Crippen molar-refractivity contribution in [3.8, 4) is 0 Å². The van der Waals surface area contributed by atoms with Gasteiger partial charge in [0.25, 0.3) is 0 Å². The third kappa shape index (κ3) is 2.56. The number of allylic oxidation sites excluding steroid dienone is 2. The van der Waals surface area contributed by atoms with Crippen LogP contribution in [0, 0.1) is 5.41 Å². The molecule has 1 saturated heterocycles. The molecule has 0 spiro atoms. The van der Waals surface area contributed by atoms with Crippen molar-refractivity contribution < 1.29 is 14.6 Å². The molecule has 3 nitrogen and oxygen atoms in total. The fraction of sp³-hybridized carbons (Fsp3) is 0.818. The summed E-state index contributed by atoms with van der Waals surface area (Å²) in [6.07, 6.45) is 7.68. The highest BCUT2D eigenvalue weighted by Crippen LogP contribution is 2.32. The van der Waals surface area contributed by atoms with Crippen molar-refractivity contribution in [1.29, 1.82) is 0 Å². The van der Waals surface area contributed by atoms with Crippen molar-refractivity contribution in [3.05, 3.63) is 12.2 Å². The van der Waals surface area contributed by atoms with E-state index in [0.29, 0.717) is 19.3 Å². The Morgan fingerprint density at radius 2 is 2.36 bits per heavy atom. The molecule has 0 radical (unpaired) electrons. The van der Waals surface area contributed by atoms with Crippen molar-refractivity contribution in [1.82, 2.24) is 0 Å². The first kappa shape index (κ1) is 10.1. The summed E-state index contributed by atoms with van der Waals surface area (Å²) < 4.78 is 10.6. The highest BCUT2D eigenvalue weighted by molar-refractivity contribution is 4.97. The summed E-state index contributed by atoms with van der Waals surface area (Å²) in [4.78, 5) is 0. The summed E-state index contributed by atoms with van der Waals surface area (Å²) in [5.74, 6) is 0. The molecule has 0 aromatic carbocycles. The van der Waals surface area contributed by atoms with Crippen molar-refractivity contribution >= 4 is 0 Å². The van der Waals surface area contributed by atoms with Crippen LogP contribution in [0.25, 0.3) is 0 Å². The molecule has 3 heteroatoms. The van der Waals surface area contributed by atoms with Crippen LogP contribution in [0.15, 0.2) is 12.2 Å². The fourth-order valence-electron chi connectivity index (χ4n) is 1.83. The predicted octanol–water partition coefficient (Wildman–Crippen LogP) is 1.12. The molecule has 1 fully saturated rings. The Morgan fingerprint density at radius 1 is 1.50 bits per heavy atom. The Labute approximate surface area is 84.7 Å². The van der Waals surface area contributed by atoms with Gasteiger partial charge in [-0.25, -0.2) is 0 Å². The molecule has 0 saturated carbocycles. The Morgan fingerprint density at radius 3 is 2.93 bits per heavy atom. The Kier molecular flexibility index (Phi) is 3.21. The van der Waals surface area contributed by atoms with Crippen molar-refractivity contribution in [2.24, 2.45) is 5.41 Å². The molecule has 1 heterocycles. The van der Waals surface area contributed by atoms with Gasteiger partial charge in [0.15, 0.2) is 0 Å². The molecule has 1 aliphatic carbocycles. The Balaban J connectivity index is 1.75. The lowest BCUT2D eigenvalue weighted by Gasteiger charge is -2.32. The van der Waals surface area contributed by atoms with Crippen molar-refractivity contribution in [2.45, 2.75) is 25.4 Å². The van der Waals surface area contributed by atoms with E-state index in [1.54, 1.807) is 0 Å². The maximum absolute atomic E-state index is 9.38. The van der Waals surface area contributed by atoms with Crippen LogP contribution >= 0.6 is 0 Å². The normalized spacial score (nSPS) is 35.9. The summed E-state index contributed by atoms with van der Waals surface area (Å²) in [5.41, 5.74) is -0.0242. The van der Waals surface area contributed by atoms with Gasteiger partial charge in [-0.15, -0.1) is 0 Å². The summed E-state index contributed by atoms with van der Waals surface area (Å²) in [6.45, 7) is 2.41. The number of hydrogen-bond donors (Lipinski definition) is 1. The Hall–Kier alpha value is -0.380. The SMILES string of the molecule is OCC1(COCC2CO2)CC=CCC1. The van der Waals surface area contributed by atoms with E-state index in [1.807, 2.05) is 0 Å². The number of aliphatic hydroxyl groups excluding tert-OH is 1. The maximum Gasteiger partial charge on any atom is 0.104 e. The van der Waals surface area contributed by atoms with Gasteiger partial charge in [-0.2, -0.15) is 0 Å². The lowest BCUT2D eigenvalue weighted by atomic mass is 9.78. The van der Waals surface area contributed by atoms with E-state index in [2.05, 4.69) is 12.2 Å². The molecule has 2 rings (SSSR count). The third-order valence-electron chi connectivity index (χ3n) is 3.01. The molecule has 0 aromatic heterocycles. The zero-order chi connectivity index (χ0) is 9.86. The van der Waals surface area contributed by atoms with Crippen LogP contribution in [0.2, 0.25) is 0 Å². The molecular formula is C11H18O3. The first-order valence-electron chi connectivity index (χ1n) is 5.30. The number of aliphatic hydroxyl groups is 1. The quantitative estimate of drug-likeness (QED) is 0.531. The number of epoxide rings is 1. The van der Waals surface area contributed by atoms with Crippen LogP contribution in [0.4, 0.5) is 0 Å². The molecule has 2 atom stereocenters. The highest BCUT2D eigenvalue weighted by atomic mass is 16.6. The van der Waals surface area contributed by atoms with Crippen LogP contribution in [-0.2, 0) is 9.47 Å². The van der Waals surface area contributed by atoms with Gasteiger partial charge in [-0.1, -0.05) is 12.2 Å². The fourth-order valence-corrected chi connectivity index (χ4v) is 1.83. The molecule has 2 unspecified atom stereocenters. The van der Waals surface area contributed by atoms with Gasteiger partial charge >= 0.3 is 0 Å². The summed E-state index contributed by atoms with van der Waals surface area (Å²) in [5, 5.41) is 9.38. The van der Waals surface area contributed by atoms with Crippen LogP contribution in [0.1, 0.15) is 19.3 Å². The largest absolute Gasteiger partial charge is 0.396 e. The average molecular weight is 198 g/mol. The second kappa shape index (κ2) is 4.43. The molecule has 2 aliphatic rings. The second-order valence-corrected chi connectivity index (χ2v) is 4.34. The monoisotopic (exact) mass is 198 g/mol. The van der Waals surface area contributed by atoms with E-state index in [0.717, 1.165) is 25.9 Å². The summed E-state index contributed by atoms with van der Waals surface area (Å²) in [6, 6.07) is 0. The first-order valence-corrected chi connectivity index (χ1v) is 5.30. The van der Waals surface area contributed by atoms with Gasteiger partial charge < -0.3 is 14.6 Å². The van der Waals surface area contributed by atoms with E-state index < -0.39 is 0 Å². The highest BCUT2D eigenvalue weighted by Gasteiger charge is 2.31. The number of ether oxygens (including phenoxy) is 2. The van der Waals surface area contributed by atoms with Gasteiger partial charge in [0, 0.05) is 5.41 Å². The Bertz CT molecular complexity index is 211. The van der Waals surface area contributed by atoms with E-state index in [9.17, 15) is 5.11 Å². The van der Waals surface area contributed by atoms with Crippen LogP contribution in [0.5, 0.6) is 0 Å². The average Bonchev–Trinajstić information content (AvgIpc) is 3.03. The second-order valence-electron chi connectivity index (χ2n) is 4.34. The summed E-state index contributed by atoms with van der Waals surface area (Å²) in [7, 11) is 0. The zero-order valence-electron chi connectivity index (χ0n) is 8.45. The van der Waals surface area contributed by atoms with Crippen molar-refractivity contribution in [3.63, 3.8) is 0 Å². The number of rotatable bonds is 5. The van der Waals surface area contributed by atoms with E-state index >= 15 is 0 Å². The van der Waals surface area contributed by atoms with Gasteiger partial charge in [-0.3, -0.25) is 0 Å². The minimum Gasteiger partial charge on any atom is -0.396 e. The minimum absolute atomic E-state index is 0.0242. The third-order valence-corrected chi connectivity index (χ3v) is 3.01. The summed E-state index contributed by atoms with van der Waals surface area (Å²) >= 11 is 0. The van der Waals surface area contributed by atoms with Crippen LogP contribution in [-0.4, -0.2) is 37.6 Å². The lowest BCUT2D eigenvalue weighted by molar-refractivity contribution is -0.00392. The van der Waals surface area contributed by atoms with Gasteiger partial charge in [0.1, 0.15) is 6.10 Å². The molecule has 0 aromatic rings. The van der Waals surface area contributed by atoms with Gasteiger partial charge in [-0.05, 0) is 19.3 Å².